The van der Waals surface area contributed by atoms with Crippen molar-refractivity contribution in [3.63, 3.8) is 0 Å². The molecule has 0 heterocycles. The lowest BCUT2D eigenvalue weighted by atomic mass is 10.1. The zero-order valence-electron chi connectivity index (χ0n) is 28.6. The molecule has 5 aromatic carbocycles. The lowest BCUT2D eigenvalue weighted by Crippen LogP contribution is -2.04. The normalized spacial score (nSPS) is 12.8. The molecule has 5 aromatic rings. The number of hydrogen-bond donors (Lipinski definition) is 5. The highest BCUT2D eigenvalue weighted by Gasteiger charge is 2.28. The molecular formula is C33H26N8O12S4. The second-order valence-electron chi connectivity index (χ2n) is 11.3. The number of azo groups is 3. The third-order valence-electron chi connectivity index (χ3n) is 7.75. The zero-order chi connectivity index (χ0) is 42.1. The standard InChI is InChI=1S/C33H26N8O12S4/c1-3-54(44,45)20-12-8-18(9-13-20)36-39-29-26(33(42)43)30(28(35)31(27(29)34)41-37-19-10-14-21(15-11-19)55(46,47)4-2)40-38-24-17-16-22-23(32(24)57(51,52)53)6-5-7-25(22)56(48,49)50/h3-17H,1-2,34-35H2,(H,42,43)(H,48,49,50)(H,51,52,53). The van der Waals surface area contributed by atoms with Gasteiger partial charge in [0.15, 0.2) is 19.7 Å². The molecule has 7 N–H and O–H groups in total. The summed E-state index contributed by atoms with van der Waals surface area (Å²) in [5, 5.41) is 34.7. The van der Waals surface area contributed by atoms with Crippen molar-refractivity contribution in [2.24, 2.45) is 30.7 Å². The summed E-state index contributed by atoms with van der Waals surface area (Å²) in [5.74, 6) is -1.77. The first-order valence-electron chi connectivity index (χ1n) is 15.3. The van der Waals surface area contributed by atoms with Crippen LogP contribution in [0.2, 0.25) is 0 Å². The van der Waals surface area contributed by atoms with Gasteiger partial charge in [-0.1, -0.05) is 31.4 Å². The molecule has 0 atom stereocenters. The molecule has 0 radical (unpaired) electrons. The smallest absolute Gasteiger partial charge is 0.340 e. The number of rotatable bonds is 13. The molecule has 0 spiro atoms. The van der Waals surface area contributed by atoms with E-state index in [1.165, 1.54) is 48.5 Å². The summed E-state index contributed by atoms with van der Waals surface area (Å²) in [6.07, 6.45) is 0. The molecule has 0 fully saturated rings. The highest BCUT2D eigenvalue weighted by atomic mass is 32.2. The number of benzene rings is 5. The van der Waals surface area contributed by atoms with Crippen LogP contribution in [-0.2, 0) is 39.9 Å². The fourth-order valence-electron chi connectivity index (χ4n) is 5.05. The van der Waals surface area contributed by atoms with E-state index in [0.717, 1.165) is 41.1 Å². The Kier molecular flexibility index (Phi) is 11.3. The molecule has 294 valence electrons. The number of sulfone groups is 2. The molecule has 0 bridgehead atoms. The van der Waals surface area contributed by atoms with Crippen LogP contribution in [-0.4, -0.2) is 53.9 Å². The first-order chi connectivity index (χ1) is 26.6. The lowest BCUT2D eigenvalue weighted by molar-refractivity contribution is 0.0698. The number of hydrogen-bond acceptors (Lipinski definition) is 17. The SMILES string of the molecule is C=CS(=O)(=O)c1ccc(N=Nc2c(N)c(N=Nc3ccc(S(=O)(=O)C=C)cc3)c(C(=O)O)c(N=Nc3ccc4c(S(=O)(=O)O)cccc4c3S(=O)(=O)O)c2N)cc1. The van der Waals surface area contributed by atoms with Gasteiger partial charge in [-0.05, 0) is 60.7 Å². The van der Waals surface area contributed by atoms with Crippen molar-refractivity contribution in [3.05, 3.63) is 108 Å². The molecule has 5 rings (SSSR count). The van der Waals surface area contributed by atoms with Crippen LogP contribution in [0.4, 0.5) is 45.5 Å². The molecule has 0 unspecified atom stereocenters. The van der Waals surface area contributed by atoms with Crippen LogP contribution >= 0.6 is 0 Å². The minimum absolute atomic E-state index is 0.00437. The summed E-state index contributed by atoms with van der Waals surface area (Å²) in [7, 11) is -17.7. The summed E-state index contributed by atoms with van der Waals surface area (Å²) in [4.78, 5) is 10.9. The minimum Gasteiger partial charge on any atom is -0.478 e. The van der Waals surface area contributed by atoms with Gasteiger partial charge >= 0.3 is 5.97 Å². The molecule has 0 aromatic heterocycles. The van der Waals surface area contributed by atoms with Crippen LogP contribution in [0.15, 0.2) is 153 Å². The molecule has 0 aliphatic rings. The maximum Gasteiger partial charge on any atom is 0.340 e. The number of carboxylic acid groups (broad SMARTS) is 1. The Morgan fingerprint density at radius 3 is 1.44 bits per heavy atom. The lowest BCUT2D eigenvalue weighted by Gasteiger charge is -2.13. The molecule has 0 saturated carbocycles. The van der Waals surface area contributed by atoms with Gasteiger partial charge in [0.05, 0.1) is 32.5 Å². The molecule has 0 aliphatic carbocycles. The van der Waals surface area contributed by atoms with Crippen molar-refractivity contribution in [2.75, 3.05) is 11.5 Å². The quantitative estimate of drug-likeness (QED) is 0.0441. The number of aromatic carboxylic acids is 1. The third-order valence-corrected chi connectivity index (χ3v) is 12.3. The van der Waals surface area contributed by atoms with Gasteiger partial charge in [0.2, 0.25) is 0 Å². The van der Waals surface area contributed by atoms with Gasteiger partial charge in [-0.3, -0.25) is 9.11 Å². The molecule has 0 amide bonds. The van der Waals surface area contributed by atoms with Crippen molar-refractivity contribution in [2.45, 2.75) is 19.6 Å². The zero-order valence-corrected chi connectivity index (χ0v) is 31.8. The first-order valence-corrected chi connectivity index (χ1v) is 21.3. The Morgan fingerprint density at radius 2 is 1.02 bits per heavy atom. The molecule has 0 aliphatic heterocycles. The van der Waals surface area contributed by atoms with Crippen molar-refractivity contribution in [1.29, 1.82) is 0 Å². The van der Waals surface area contributed by atoms with Crippen LogP contribution in [0.3, 0.4) is 0 Å². The van der Waals surface area contributed by atoms with Gasteiger partial charge in [0.1, 0.15) is 38.1 Å². The van der Waals surface area contributed by atoms with Gasteiger partial charge in [0, 0.05) is 21.6 Å². The summed E-state index contributed by atoms with van der Waals surface area (Å²) in [6.45, 7) is 6.51. The summed E-state index contributed by atoms with van der Waals surface area (Å²) in [5.41, 5.74) is 8.23. The maximum atomic E-state index is 12.8. The van der Waals surface area contributed by atoms with Gasteiger partial charge < -0.3 is 16.6 Å². The van der Waals surface area contributed by atoms with E-state index in [2.05, 4.69) is 43.8 Å². The molecule has 57 heavy (non-hydrogen) atoms. The van der Waals surface area contributed by atoms with Crippen LogP contribution in [0.5, 0.6) is 0 Å². The summed E-state index contributed by atoms with van der Waals surface area (Å²) >= 11 is 0. The van der Waals surface area contributed by atoms with Crippen LogP contribution in [0, 0.1) is 0 Å². The fourth-order valence-corrected chi connectivity index (χ4v) is 8.00. The van der Waals surface area contributed by atoms with E-state index < -0.39 is 101 Å². The number of nitrogens with two attached hydrogens (primary N) is 2. The topological polar surface area (TPSA) is 341 Å². The van der Waals surface area contributed by atoms with Crippen molar-refractivity contribution in [1.82, 2.24) is 0 Å². The van der Waals surface area contributed by atoms with E-state index in [4.69, 9.17) is 11.5 Å². The Hall–Kier alpha value is -6.57. The van der Waals surface area contributed by atoms with Gasteiger partial charge in [0.25, 0.3) is 20.2 Å². The number of carbonyl (C=O) groups is 1. The first kappa shape index (κ1) is 41.6. The fraction of sp³-hybridized carbons (Fsp3) is 0. The molecule has 0 saturated heterocycles. The van der Waals surface area contributed by atoms with E-state index >= 15 is 0 Å². The Morgan fingerprint density at radius 1 is 0.561 bits per heavy atom. The van der Waals surface area contributed by atoms with Gasteiger partial charge in [-0.15, -0.1) is 20.5 Å². The van der Waals surface area contributed by atoms with Crippen molar-refractivity contribution in [3.8, 4) is 0 Å². The minimum atomic E-state index is -5.24. The van der Waals surface area contributed by atoms with E-state index in [1.54, 1.807) is 0 Å². The predicted molar refractivity (Wildman–Crippen MR) is 206 cm³/mol. The number of carboxylic acids is 1. The Balaban J connectivity index is 1.76. The molecule has 24 heteroatoms. The summed E-state index contributed by atoms with van der Waals surface area (Å²) in [6, 6.07) is 14.8. The number of nitrogens with zero attached hydrogens (tertiary/aromatic N) is 6. The second kappa shape index (κ2) is 15.5. The van der Waals surface area contributed by atoms with E-state index in [0.29, 0.717) is 0 Å². The number of fused-ring (bicyclic) bond motifs is 1. The Bertz CT molecular complexity index is 3060. The second-order valence-corrected chi connectivity index (χ2v) is 17.8. The monoisotopic (exact) mass is 854 g/mol. The number of nitrogen functional groups attached to an aromatic ring is 2. The summed E-state index contributed by atoms with van der Waals surface area (Å²) < 4.78 is 118. The van der Waals surface area contributed by atoms with Gasteiger partial charge in [-0.2, -0.15) is 27.1 Å². The van der Waals surface area contributed by atoms with E-state index in [9.17, 15) is 52.7 Å². The maximum absolute atomic E-state index is 12.8. The average Bonchev–Trinajstić information content (AvgIpc) is 3.15. The van der Waals surface area contributed by atoms with Crippen LogP contribution in [0.1, 0.15) is 10.4 Å². The van der Waals surface area contributed by atoms with Crippen molar-refractivity contribution >= 4 is 102 Å². The average molecular weight is 855 g/mol. The van der Waals surface area contributed by atoms with E-state index in [-0.39, 0.29) is 26.6 Å². The predicted octanol–water partition coefficient (Wildman–Crippen LogP) is 7.28. The van der Waals surface area contributed by atoms with Gasteiger partial charge in [-0.25, -0.2) is 21.6 Å². The number of anilines is 2. The van der Waals surface area contributed by atoms with Crippen molar-refractivity contribution < 1.29 is 52.7 Å². The third kappa shape index (κ3) is 8.64. The molecule has 20 nitrogen and oxygen atoms in total. The van der Waals surface area contributed by atoms with Crippen LogP contribution < -0.4 is 11.5 Å². The van der Waals surface area contributed by atoms with Crippen LogP contribution in [0.25, 0.3) is 10.8 Å². The highest BCUT2D eigenvalue weighted by Crippen LogP contribution is 2.49. The largest absolute Gasteiger partial charge is 0.478 e. The Labute approximate surface area is 323 Å². The molecular weight excluding hydrogens is 829 g/mol. The highest BCUT2D eigenvalue weighted by molar-refractivity contribution is 7.94. The van der Waals surface area contributed by atoms with E-state index in [1.807, 2.05) is 0 Å².